The van der Waals surface area contributed by atoms with Gasteiger partial charge in [0, 0.05) is 61.9 Å². The normalized spacial score (nSPS) is 15.0. The lowest BCUT2D eigenvalue weighted by atomic mass is 9.33. The van der Waals surface area contributed by atoms with Gasteiger partial charge in [0.1, 0.15) is 0 Å². The Balaban J connectivity index is 1.05. The minimum atomic E-state index is -0.193. The Hall–Kier alpha value is -8.34. The fourth-order valence-electron chi connectivity index (χ4n) is 14.5. The Labute approximate surface area is 494 Å². The molecule has 0 aromatic heterocycles. The van der Waals surface area contributed by atoms with E-state index in [0.717, 1.165) is 22.7 Å². The number of fused-ring (bicyclic) bond motifs is 10. The molecule has 0 bridgehead atoms. The maximum absolute atomic E-state index is 2.64. The molecule has 0 amide bonds. The Kier molecular flexibility index (Phi) is 11.6. The van der Waals surface area contributed by atoms with Crippen LogP contribution in [-0.4, -0.2) is 6.71 Å². The molecule has 2 heterocycles. The van der Waals surface area contributed by atoms with E-state index in [1.165, 1.54) is 123 Å². The van der Waals surface area contributed by atoms with Crippen LogP contribution in [0.25, 0.3) is 33.4 Å². The van der Waals surface area contributed by atoms with Crippen LogP contribution in [0.5, 0.6) is 0 Å². The molecule has 3 nitrogen and oxygen atoms in total. The predicted octanol–water partition coefficient (Wildman–Crippen LogP) is 19.7. The standard InChI is InChI=1S/C79H76BN3/c1-49-42-72-74-73(43-49)83(56-35-38-61-59-25-19-21-27-64(59)79(13,14)66(61)47-56)71-48-57(81(54-32-28-51(29-33-54)75(2,3)4)69-41-31-52(76(5,6)7)44-62(69)50-22-16-15-17-23-50)36-40-68(71)80(74)67-39-30-53(77(8,9)10)45-70(67)82(72)55-34-37-60-58-24-18-20-26-63(58)78(11,12)65(60)46-55/h15-48H,1-14H3. The summed E-state index contributed by atoms with van der Waals surface area (Å²) in [6.45, 7) is 32.8. The van der Waals surface area contributed by atoms with Gasteiger partial charge in [0.2, 0.25) is 0 Å². The number of nitrogens with zero attached hydrogens (tertiary/aromatic N) is 3. The highest BCUT2D eigenvalue weighted by Gasteiger charge is 2.46. The van der Waals surface area contributed by atoms with Gasteiger partial charge in [-0.05, 0) is 191 Å². The molecule has 2 aliphatic heterocycles. The van der Waals surface area contributed by atoms with Gasteiger partial charge in [-0.15, -0.1) is 0 Å². The molecule has 10 aromatic carbocycles. The molecule has 4 heteroatoms. The van der Waals surface area contributed by atoms with E-state index in [4.69, 9.17) is 0 Å². The summed E-state index contributed by atoms with van der Waals surface area (Å²) in [5, 5.41) is 0. The molecule has 0 unspecified atom stereocenters. The third kappa shape index (κ3) is 8.21. The zero-order valence-corrected chi connectivity index (χ0v) is 51.0. The highest BCUT2D eigenvalue weighted by atomic mass is 15.2. The lowest BCUT2D eigenvalue weighted by molar-refractivity contribution is 0.590. The molecular formula is C79H76BN3. The molecule has 410 valence electrons. The Morgan fingerprint density at radius 1 is 0.361 bits per heavy atom. The first-order chi connectivity index (χ1) is 39.5. The summed E-state index contributed by atoms with van der Waals surface area (Å²) in [5.41, 5.74) is 32.4. The Morgan fingerprint density at radius 2 is 0.807 bits per heavy atom. The molecule has 0 saturated carbocycles. The summed E-state index contributed by atoms with van der Waals surface area (Å²) in [4.78, 5) is 7.79. The van der Waals surface area contributed by atoms with E-state index >= 15 is 0 Å². The molecule has 0 radical (unpaired) electrons. The molecule has 14 rings (SSSR count). The summed E-state index contributed by atoms with van der Waals surface area (Å²) >= 11 is 0. The summed E-state index contributed by atoms with van der Waals surface area (Å²) in [5.74, 6) is 0. The van der Waals surface area contributed by atoms with E-state index < -0.39 is 0 Å². The molecule has 4 aliphatic rings. The van der Waals surface area contributed by atoms with Crippen molar-refractivity contribution in [1.82, 2.24) is 0 Å². The van der Waals surface area contributed by atoms with Gasteiger partial charge in [-0.25, -0.2) is 0 Å². The second-order valence-corrected chi connectivity index (χ2v) is 28.4. The van der Waals surface area contributed by atoms with Crippen LogP contribution in [0.2, 0.25) is 0 Å². The van der Waals surface area contributed by atoms with Crippen molar-refractivity contribution < 1.29 is 0 Å². The van der Waals surface area contributed by atoms with Crippen molar-refractivity contribution in [2.45, 2.75) is 124 Å². The first-order valence-corrected chi connectivity index (χ1v) is 30.1. The van der Waals surface area contributed by atoms with Crippen LogP contribution >= 0.6 is 0 Å². The molecule has 0 atom stereocenters. The largest absolute Gasteiger partial charge is 0.311 e. The predicted molar refractivity (Wildman–Crippen MR) is 357 cm³/mol. The highest BCUT2D eigenvalue weighted by molar-refractivity contribution is 7.00. The average Bonchev–Trinajstić information content (AvgIpc) is 0.947. The van der Waals surface area contributed by atoms with E-state index in [2.05, 4.69) is 318 Å². The van der Waals surface area contributed by atoms with Crippen LogP contribution in [0.4, 0.5) is 51.2 Å². The van der Waals surface area contributed by atoms with Gasteiger partial charge in [-0.1, -0.05) is 217 Å². The molecular weight excluding hydrogens is 1000 g/mol. The van der Waals surface area contributed by atoms with Crippen LogP contribution in [0, 0.1) is 6.92 Å². The van der Waals surface area contributed by atoms with E-state index in [9.17, 15) is 0 Å². The van der Waals surface area contributed by atoms with Crippen molar-refractivity contribution in [3.05, 3.63) is 251 Å². The number of rotatable bonds is 6. The van der Waals surface area contributed by atoms with Crippen molar-refractivity contribution in [2.75, 3.05) is 14.7 Å². The van der Waals surface area contributed by atoms with Gasteiger partial charge in [-0.3, -0.25) is 0 Å². The van der Waals surface area contributed by atoms with Crippen molar-refractivity contribution in [3.8, 4) is 33.4 Å². The number of hydrogen-bond donors (Lipinski definition) is 0. The number of aryl methyl sites for hydroxylation is 1. The van der Waals surface area contributed by atoms with E-state index in [0.29, 0.717) is 0 Å². The zero-order valence-electron chi connectivity index (χ0n) is 51.0. The fraction of sp³-hybridized carbons (Fsp3) is 0.241. The van der Waals surface area contributed by atoms with Crippen molar-refractivity contribution >= 4 is 74.3 Å². The Morgan fingerprint density at radius 3 is 1.35 bits per heavy atom. The summed E-state index contributed by atoms with van der Waals surface area (Å²) in [7, 11) is 0. The number of anilines is 9. The van der Waals surface area contributed by atoms with Gasteiger partial charge in [0.15, 0.2) is 0 Å². The molecule has 0 saturated heterocycles. The topological polar surface area (TPSA) is 9.72 Å². The molecule has 0 N–H and O–H groups in total. The molecule has 10 aromatic rings. The second-order valence-electron chi connectivity index (χ2n) is 28.4. The van der Waals surface area contributed by atoms with Gasteiger partial charge in [-0.2, -0.15) is 0 Å². The Bertz CT molecular complexity index is 4290. The summed E-state index contributed by atoms with van der Waals surface area (Å²) in [6, 6.07) is 80.0. The smallest absolute Gasteiger partial charge is 0.252 e. The monoisotopic (exact) mass is 1080 g/mol. The van der Waals surface area contributed by atoms with E-state index in [1.54, 1.807) is 0 Å². The summed E-state index contributed by atoms with van der Waals surface area (Å²) in [6.07, 6.45) is 0. The minimum Gasteiger partial charge on any atom is -0.311 e. The summed E-state index contributed by atoms with van der Waals surface area (Å²) < 4.78 is 0. The highest BCUT2D eigenvalue weighted by Crippen LogP contribution is 2.55. The van der Waals surface area contributed by atoms with Gasteiger partial charge in [0.05, 0.1) is 5.69 Å². The van der Waals surface area contributed by atoms with Crippen molar-refractivity contribution in [1.29, 1.82) is 0 Å². The fourth-order valence-corrected chi connectivity index (χ4v) is 14.5. The van der Waals surface area contributed by atoms with E-state index in [-0.39, 0.29) is 33.8 Å². The van der Waals surface area contributed by atoms with Gasteiger partial charge in [0.25, 0.3) is 6.71 Å². The first kappa shape index (κ1) is 52.7. The van der Waals surface area contributed by atoms with Crippen LogP contribution in [0.15, 0.2) is 206 Å². The molecule has 0 fully saturated rings. The van der Waals surface area contributed by atoms with Gasteiger partial charge >= 0.3 is 0 Å². The average molecular weight is 1080 g/mol. The number of hydrogen-bond acceptors (Lipinski definition) is 3. The third-order valence-corrected chi connectivity index (χ3v) is 19.2. The van der Waals surface area contributed by atoms with Crippen LogP contribution < -0.4 is 31.1 Å². The van der Waals surface area contributed by atoms with Crippen LogP contribution in [-0.2, 0) is 27.1 Å². The maximum Gasteiger partial charge on any atom is 0.252 e. The van der Waals surface area contributed by atoms with Crippen LogP contribution in [0.3, 0.4) is 0 Å². The lowest BCUT2D eigenvalue weighted by Gasteiger charge is -2.45. The van der Waals surface area contributed by atoms with Gasteiger partial charge < -0.3 is 14.7 Å². The SMILES string of the molecule is Cc1cc2c3c(c1)N(c1ccc4c(c1)C(C)(C)c1ccccc1-4)c1cc(C(C)(C)C)ccc1B3c1ccc(N(c3ccc(C(C)(C)C)cc3)c3ccc(C(C)(C)C)cc3-c3ccccc3)cc1N2c1ccc2c(c1)C(C)(C)c1ccccc1-2. The number of benzene rings is 10. The first-order valence-electron chi connectivity index (χ1n) is 30.1. The maximum atomic E-state index is 2.64. The quantitative estimate of drug-likeness (QED) is 0.154. The molecule has 0 spiro atoms. The zero-order chi connectivity index (χ0) is 57.9. The third-order valence-electron chi connectivity index (χ3n) is 19.2. The second kappa shape index (κ2) is 18.3. The minimum absolute atomic E-state index is 0.00208. The van der Waals surface area contributed by atoms with Crippen LogP contribution in [0.1, 0.15) is 135 Å². The van der Waals surface area contributed by atoms with E-state index in [1.807, 2.05) is 0 Å². The molecule has 83 heavy (non-hydrogen) atoms. The van der Waals surface area contributed by atoms with Crippen molar-refractivity contribution in [3.63, 3.8) is 0 Å². The van der Waals surface area contributed by atoms with Crippen molar-refractivity contribution in [2.24, 2.45) is 0 Å². The molecule has 2 aliphatic carbocycles. The lowest BCUT2D eigenvalue weighted by Crippen LogP contribution is -2.61.